The summed E-state index contributed by atoms with van der Waals surface area (Å²) in [6, 6.07) is 2.02. The van der Waals surface area contributed by atoms with E-state index in [1.54, 1.807) is 11.3 Å². The van der Waals surface area contributed by atoms with E-state index in [9.17, 15) is 0 Å². The van der Waals surface area contributed by atoms with Gasteiger partial charge in [0, 0.05) is 9.86 Å². The van der Waals surface area contributed by atoms with Crippen LogP contribution in [-0.4, -0.2) is 5.33 Å². The van der Waals surface area contributed by atoms with Crippen LogP contribution in [0.3, 0.4) is 0 Å². The second-order valence-corrected chi connectivity index (χ2v) is 3.61. The van der Waals surface area contributed by atoms with Crippen LogP contribution in [0.4, 0.5) is 0 Å². The normalized spacial score (nSPS) is 12.8. The van der Waals surface area contributed by atoms with Crippen molar-refractivity contribution in [1.82, 2.24) is 0 Å². The maximum Gasteiger partial charge on any atom is 0.0377 e. The van der Waals surface area contributed by atoms with Crippen molar-refractivity contribution in [3.05, 3.63) is 33.9 Å². The summed E-state index contributed by atoms with van der Waals surface area (Å²) in [5, 5.41) is 3.98. The van der Waals surface area contributed by atoms with Crippen LogP contribution in [0.5, 0.6) is 0 Å². The second-order valence-electron chi connectivity index (χ2n) is 2.14. The fourth-order valence-corrected chi connectivity index (χ4v) is 2.41. The Kier molecular flexibility index (Phi) is 3.09. The lowest BCUT2D eigenvalue weighted by Crippen LogP contribution is -2.18. The first-order chi connectivity index (χ1) is 5.29. The minimum atomic E-state index is 0.847. The lowest BCUT2D eigenvalue weighted by Gasteiger charge is -1.89. The van der Waals surface area contributed by atoms with Gasteiger partial charge in [0.2, 0.25) is 0 Å². The molecule has 0 radical (unpaired) electrons. The average molecular weight is 229 g/mol. The highest BCUT2D eigenvalue weighted by molar-refractivity contribution is 9.09. The van der Waals surface area contributed by atoms with Crippen LogP contribution in [0.15, 0.2) is 24.1 Å². The molecule has 0 aliphatic carbocycles. The van der Waals surface area contributed by atoms with Crippen molar-refractivity contribution in [2.24, 2.45) is 0 Å². The minimum absolute atomic E-state index is 0.847. The fraction of sp³-hybridized carbons (Fsp3) is 0.111. The third-order valence-corrected chi connectivity index (χ3v) is 3.07. The van der Waals surface area contributed by atoms with E-state index >= 15 is 0 Å². The standard InChI is InChI=1S/C9H9BrS/c1-3-8(6-10)9-7(2)4-5-11-9/h3-5H,1-2,6H2/b9-8-. The van der Waals surface area contributed by atoms with Gasteiger partial charge in [0.15, 0.2) is 0 Å². The molecule has 1 heterocycles. The molecular formula is C9H9BrS. The molecule has 11 heavy (non-hydrogen) atoms. The Bertz CT molecular complexity index is 348. The van der Waals surface area contributed by atoms with Gasteiger partial charge < -0.3 is 0 Å². The molecular weight excluding hydrogens is 220 g/mol. The molecule has 0 saturated carbocycles. The van der Waals surface area contributed by atoms with E-state index in [-0.39, 0.29) is 0 Å². The molecule has 0 amide bonds. The summed E-state index contributed by atoms with van der Waals surface area (Å²) in [6.45, 7) is 7.66. The van der Waals surface area contributed by atoms with Crippen LogP contribution in [0.25, 0.3) is 12.2 Å². The zero-order valence-electron chi connectivity index (χ0n) is 6.14. The van der Waals surface area contributed by atoms with Gasteiger partial charge in [-0.1, -0.05) is 35.2 Å². The summed E-state index contributed by atoms with van der Waals surface area (Å²) in [5.41, 5.74) is 1.21. The van der Waals surface area contributed by atoms with Crippen molar-refractivity contribution in [3.8, 4) is 0 Å². The number of allylic oxidation sites excluding steroid dienone is 1. The van der Waals surface area contributed by atoms with E-state index in [0.29, 0.717) is 0 Å². The van der Waals surface area contributed by atoms with Gasteiger partial charge in [-0.25, -0.2) is 0 Å². The van der Waals surface area contributed by atoms with E-state index in [4.69, 9.17) is 0 Å². The van der Waals surface area contributed by atoms with Gasteiger partial charge >= 0.3 is 0 Å². The summed E-state index contributed by atoms with van der Waals surface area (Å²) in [4.78, 5) is 0. The fourth-order valence-electron chi connectivity index (χ4n) is 0.825. The highest BCUT2D eigenvalue weighted by Crippen LogP contribution is 1.99. The van der Waals surface area contributed by atoms with E-state index in [1.807, 2.05) is 17.5 Å². The van der Waals surface area contributed by atoms with Crippen LogP contribution < -0.4 is 9.75 Å². The highest BCUT2D eigenvalue weighted by Gasteiger charge is 1.92. The molecule has 1 aromatic heterocycles. The topological polar surface area (TPSA) is 0 Å². The van der Waals surface area contributed by atoms with E-state index in [1.165, 1.54) is 10.1 Å². The van der Waals surface area contributed by atoms with Gasteiger partial charge in [0.25, 0.3) is 0 Å². The molecule has 0 aromatic carbocycles. The van der Waals surface area contributed by atoms with Crippen LogP contribution >= 0.6 is 27.3 Å². The molecule has 0 spiro atoms. The smallest absolute Gasteiger partial charge is 0.0377 e. The van der Waals surface area contributed by atoms with Gasteiger partial charge in [-0.2, -0.15) is 0 Å². The van der Waals surface area contributed by atoms with Gasteiger partial charge in [0.1, 0.15) is 0 Å². The molecule has 1 rings (SSSR count). The molecule has 58 valence electrons. The lowest BCUT2D eigenvalue weighted by atomic mass is 10.3. The predicted octanol–water partition coefficient (Wildman–Crippen LogP) is 1.89. The number of alkyl halides is 1. The molecule has 0 saturated heterocycles. The molecule has 0 N–H and O–H groups in total. The third kappa shape index (κ3) is 1.82. The number of rotatable bonds is 2. The number of halogens is 1. The van der Waals surface area contributed by atoms with Gasteiger partial charge in [-0.3, -0.25) is 0 Å². The molecule has 1 aromatic rings. The Morgan fingerprint density at radius 3 is 2.82 bits per heavy atom. The Balaban J connectivity index is 3.46. The molecule has 0 aliphatic heterocycles. The van der Waals surface area contributed by atoms with Crippen molar-refractivity contribution < 1.29 is 0 Å². The van der Waals surface area contributed by atoms with Crippen LogP contribution in [0.2, 0.25) is 0 Å². The van der Waals surface area contributed by atoms with Crippen molar-refractivity contribution in [3.63, 3.8) is 0 Å². The largest absolute Gasteiger partial charge is 0.144 e. The first kappa shape index (κ1) is 8.75. The van der Waals surface area contributed by atoms with Crippen LogP contribution in [0, 0.1) is 0 Å². The molecule has 0 unspecified atom stereocenters. The predicted molar refractivity (Wildman–Crippen MR) is 56.5 cm³/mol. The first-order valence-electron chi connectivity index (χ1n) is 3.23. The van der Waals surface area contributed by atoms with E-state index < -0.39 is 0 Å². The molecule has 0 aliphatic rings. The number of thiophene rings is 1. The van der Waals surface area contributed by atoms with Gasteiger partial charge in [-0.15, -0.1) is 11.3 Å². The maximum absolute atomic E-state index is 3.92. The average Bonchev–Trinajstić information content (AvgIpc) is 2.40. The third-order valence-electron chi connectivity index (χ3n) is 1.43. The van der Waals surface area contributed by atoms with Gasteiger partial charge in [-0.05, 0) is 22.2 Å². The van der Waals surface area contributed by atoms with Crippen LogP contribution in [0.1, 0.15) is 0 Å². The molecule has 2 heteroatoms. The summed E-state index contributed by atoms with van der Waals surface area (Å²) in [5.74, 6) is 0. The molecule has 0 bridgehead atoms. The quantitative estimate of drug-likeness (QED) is 0.679. The van der Waals surface area contributed by atoms with Crippen molar-refractivity contribution >= 4 is 39.4 Å². The molecule has 0 fully saturated rings. The van der Waals surface area contributed by atoms with Gasteiger partial charge in [0.05, 0.1) is 0 Å². The Labute approximate surface area is 78.7 Å². The number of hydrogen-bond donors (Lipinski definition) is 0. The SMILES string of the molecule is C=C/C(CBr)=c1/sccc1=C. The summed E-state index contributed by atoms with van der Waals surface area (Å²) in [7, 11) is 0. The Morgan fingerprint density at radius 1 is 1.73 bits per heavy atom. The summed E-state index contributed by atoms with van der Waals surface area (Å²) >= 11 is 5.11. The zero-order valence-corrected chi connectivity index (χ0v) is 8.54. The van der Waals surface area contributed by atoms with Crippen LogP contribution in [-0.2, 0) is 0 Å². The maximum atomic E-state index is 3.92. The molecule has 0 atom stereocenters. The summed E-state index contributed by atoms with van der Waals surface area (Å²) < 4.78 is 1.23. The zero-order chi connectivity index (χ0) is 8.27. The monoisotopic (exact) mass is 228 g/mol. The van der Waals surface area contributed by atoms with E-state index in [2.05, 4.69) is 29.1 Å². The highest BCUT2D eigenvalue weighted by atomic mass is 79.9. The Hall–Kier alpha value is -0.340. The van der Waals surface area contributed by atoms with Crippen molar-refractivity contribution in [1.29, 1.82) is 0 Å². The second kappa shape index (κ2) is 3.88. The number of hydrogen-bond acceptors (Lipinski definition) is 1. The van der Waals surface area contributed by atoms with Crippen molar-refractivity contribution in [2.75, 3.05) is 5.33 Å². The summed E-state index contributed by atoms with van der Waals surface area (Å²) in [6.07, 6.45) is 1.87. The van der Waals surface area contributed by atoms with Crippen molar-refractivity contribution in [2.45, 2.75) is 0 Å². The lowest BCUT2D eigenvalue weighted by molar-refractivity contribution is 1.67. The van der Waals surface area contributed by atoms with E-state index in [0.717, 1.165) is 10.5 Å². The Morgan fingerprint density at radius 2 is 2.45 bits per heavy atom. The first-order valence-corrected chi connectivity index (χ1v) is 5.23. The molecule has 0 nitrogen and oxygen atoms in total. The minimum Gasteiger partial charge on any atom is -0.144 e.